The van der Waals surface area contributed by atoms with Crippen LogP contribution in [0.5, 0.6) is 0 Å². The van der Waals surface area contributed by atoms with Gasteiger partial charge in [-0.2, -0.15) is 0 Å². The van der Waals surface area contributed by atoms with Gasteiger partial charge in [0, 0.05) is 13.0 Å². The summed E-state index contributed by atoms with van der Waals surface area (Å²) in [7, 11) is 0. The van der Waals surface area contributed by atoms with Crippen LogP contribution < -0.4 is 0 Å². The molecule has 1 saturated heterocycles. The Kier molecular flexibility index (Phi) is 4.54. The van der Waals surface area contributed by atoms with Crippen LogP contribution in [0.4, 0.5) is 0 Å². The minimum Gasteiger partial charge on any atom is -0.390 e. The van der Waals surface area contributed by atoms with Crippen molar-refractivity contribution in [1.82, 2.24) is 0 Å². The van der Waals surface area contributed by atoms with Crippen LogP contribution in [0.1, 0.15) is 31.7 Å². The summed E-state index contributed by atoms with van der Waals surface area (Å²) < 4.78 is 5.74. The summed E-state index contributed by atoms with van der Waals surface area (Å²) in [5.41, 5.74) is 0.399. The van der Waals surface area contributed by atoms with Gasteiger partial charge in [0.1, 0.15) is 0 Å². The van der Waals surface area contributed by atoms with Crippen molar-refractivity contribution in [2.75, 3.05) is 6.61 Å². The molecule has 1 fully saturated rings. The number of halogens is 2. The summed E-state index contributed by atoms with van der Waals surface area (Å²) in [4.78, 5) is 0. The fourth-order valence-electron chi connectivity index (χ4n) is 2.35. The van der Waals surface area contributed by atoms with Gasteiger partial charge in [-0.3, -0.25) is 0 Å². The van der Waals surface area contributed by atoms with Crippen molar-refractivity contribution < 1.29 is 9.84 Å². The van der Waals surface area contributed by atoms with E-state index in [-0.39, 0.29) is 0 Å². The highest BCUT2D eigenvalue weighted by atomic mass is 35.5. The molecule has 1 aliphatic heterocycles. The van der Waals surface area contributed by atoms with E-state index in [0.717, 1.165) is 31.4 Å². The summed E-state index contributed by atoms with van der Waals surface area (Å²) in [5.74, 6) is 0. The number of hydrogen-bond acceptors (Lipinski definition) is 2. The molecule has 2 unspecified atom stereocenters. The third kappa shape index (κ3) is 3.00. The van der Waals surface area contributed by atoms with Gasteiger partial charge in [0.25, 0.3) is 0 Å². The van der Waals surface area contributed by atoms with Crippen molar-refractivity contribution in [1.29, 1.82) is 0 Å². The number of rotatable bonds is 3. The maximum Gasteiger partial charge on any atom is 0.0915 e. The fourth-order valence-corrected chi connectivity index (χ4v) is 2.75. The molecule has 0 aliphatic carbocycles. The molecule has 2 rings (SSSR count). The molecule has 0 spiro atoms. The molecular weight excluding hydrogens is 271 g/mol. The van der Waals surface area contributed by atoms with Gasteiger partial charge in [0.05, 0.1) is 21.8 Å². The topological polar surface area (TPSA) is 29.5 Å². The Morgan fingerprint density at radius 1 is 1.39 bits per heavy atom. The monoisotopic (exact) mass is 288 g/mol. The molecule has 1 N–H and O–H groups in total. The quantitative estimate of drug-likeness (QED) is 0.915. The van der Waals surface area contributed by atoms with Gasteiger partial charge in [-0.15, -0.1) is 0 Å². The first-order valence-corrected chi connectivity index (χ1v) is 7.03. The average molecular weight is 289 g/mol. The van der Waals surface area contributed by atoms with E-state index in [2.05, 4.69) is 0 Å². The van der Waals surface area contributed by atoms with Crippen LogP contribution in [-0.4, -0.2) is 23.4 Å². The van der Waals surface area contributed by atoms with Crippen molar-refractivity contribution in [3.05, 3.63) is 33.8 Å². The van der Waals surface area contributed by atoms with Crippen LogP contribution in [0.25, 0.3) is 0 Å². The highest BCUT2D eigenvalue weighted by Gasteiger charge is 2.35. The van der Waals surface area contributed by atoms with E-state index in [0.29, 0.717) is 16.5 Å². The predicted octanol–water partition coefficient (Wildman–Crippen LogP) is 3.86. The van der Waals surface area contributed by atoms with E-state index in [1.165, 1.54) is 0 Å². The molecule has 1 aromatic carbocycles. The van der Waals surface area contributed by atoms with Gasteiger partial charge in [-0.25, -0.2) is 0 Å². The Morgan fingerprint density at radius 3 is 2.83 bits per heavy atom. The van der Waals surface area contributed by atoms with Crippen LogP contribution in [-0.2, 0) is 11.2 Å². The zero-order chi connectivity index (χ0) is 13.2. The van der Waals surface area contributed by atoms with E-state index in [9.17, 15) is 5.11 Å². The standard InChI is InChI=1S/C14H18Cl2O2/c1-14(7-2-3-8-18-14)12(17)9-10-5-4-6-11(15)13(10)16/h4-6,12,17H,2-3,7-9H2,1H3. The first-order chi connectivity index (χ1) is 8.53. The maximum atomic E-state index is 10.4. The average Bonchev–Trinajstić information content (AvgIpc) is 2.36. The second-order valence-electron chi connectivity index (χ2n) is 5.05. The third-order valence-corrected chi connectivity index (χ3v) is 4.51. The third-order valence-electron chi connectivity index (χ3n) is 3.65. The van der Waals surface area contributed by atoms with Gasteiger partial charge in [0.15, 0.2) is 0 Å². The Labute approximate surface area is 118 Å². The minimum absolute atomic E-state index is 0.468. The molecular formula is C14H18Cl2O2. The Morgan fingerprint density at radius 2 is 2.17 bits per heavy atom. The normalized spacial score (nSPS) is 26.0. The van der Waals surface area contributed by atoms with Gasteiger partial charge in [0.2, 0.25) is 0 Å². The molecule has 18 heavy (non-hydrogen) atoms. The zero-order valence-electron chi connectivity index (χ0n) is 10.5. The Hall–Kier alpha value is -0.280. The summed E-state index contributed by atoms with van der Waals surface area (Å²) in [6.45, 7) is 2.69. The summed E-state index contributed by atoms with van der Waals surface area (Å²) in [6.07, 6.45) is 2.95. The lowest BCUT2D eigenvalue weighted by molar-refractivity contribution is -0.135. The maximum absolute atomic E-state index is 10.4. The van der Waals surface area contributed by atoms with Crippen molar-refractivity contribution in [3.63, 3.8) is 0 Å². The van der Waals surface area contributed by atoms with Gasteiger partial charge >= 0.3 is 0 Å². The summed E-state index contributed by atoms with van der Waals surface area (Å²) in [6, 6.07) is 5.49. The van der Waals surface area contributed by atoms with E-state index >= 15 is 0 Å². The molecule has 1 aromatic rings. The number of hydrogen-bond donors (Lipinski definition) is 1. The smallest absolute Gasteiger partial charge is 0.0915 e. The lowest BCUT2D eigenvalue weighted by atomic mass is 9.87. The first kappa shape index (κ1) is 14.1. The lowest BCUT2D eigenvalue weighted by Crippen LogP contribution is -2.45. The van der Waals surface area contributed by atoms with E-state index in [1.807, 2.05) is 19.1 Å². The van der Waals surface area contributed by atoms with Crippen LogP contribution in [0.15, 0.2) is 18.2 Å². The number of aliphatic hydroxyl groups excluding tert-OH is 1. The Bertz CT molecular complexity index is 414. The SMILES string of the molecule is CC1(C(O)Cc2cccc(Cl)c2Cl)CCCCO1. The molecule has 2 nitrogen and oxygen atoms in total. The highest BCUT2D eigenvalue weighted by Crippen LogP contribution is 2.32. The van der Waals surface area contributed by atoms with E-state index in [1.54, 1.807) is 6.07 Å². The van der Waals surface area contributed by atoms with Crippen molar-refractivity contribution in [2.24, 2.45) is 0 Å². The van der Waals surface area contributed by atoms with Crippen molar-refractivity contribution in [2.45, 2.75) is 44.3 Å². The van der Waals surface area contributed by atoms with Gasteiger partial charge < -0.3 is 9.84 Å². The number of benzene rings is 1. The number of ether oxygens (including phenoxy) is 1. The molecule has 100 valence electrons. The number of aliphatic hydroxyl groups is 1. The molecule has 0 bridgehead atoms. The molecule has 0 amide bonds. The Balaban J connectivity index is 2.10. The fraction of sp³-hybridized carbons (Fsp3) is 0.571. The zero-order valence-corrected chi connectivity index (χ0v) is 12.0. The molecule has 0 saturated carbocycles. The van der Waals surface area contributed by atoms with Crippen molar-refractivity contribution in [3.8, 4) is 0 Å². The van der Waals surface area contributed by atoms with Crippen molar-refractivity contribution >= 4 is 23.2 Å². The second kappa shape index (κ2) is 5.79. The van der Waals surface area contributed by atoms with E-state index in [4.69, 9.17) is 27.9 Å². The second-order valence-corrected chi connectivity index (χ2v) is 5.84. The van der Waals surface area contributed by atoms with Crippen LogP contribution in [0, 0.1) is 0 Å². The summed E-state index contributed by atoms with van der Waals surface area (Å²) in [5, 5.41) is 11.4. The van der Waals surface area contributed by atoms with E-state index < -0.39 is 11.7 Å². The predicted molar refractivity (Wildman–Crippen MR) is 74.4 cm³/mol. The van der Waals surface area contributed by atoms with Gasteiger partial charge in [-0.05, 0) is 37.8 Å². The molecule has 1 aliphatic rings. The van der Waals surface area contributed by atoms with Crippen LogP contribution in [0.3, 0.4) is 0 Å². The van der Waals surface area contributed by atoms with Crippen LogP contribution >= 0.6 is 23.2 Å². The van der Waals surface area contributed by atoms with Crippen LogP contribution in [0.2, 0.25) is 10.0 Å². The molecule has 2 atom stereocenters. The molecule has 0 aromatic heterocycles. The minimum atomic E-state index is -0.561. The summed E-state index contributed by atoms with van der Waals surface area (Å²) >= 11 is 12.1. The molecule has 0 radical (unpaired) electrons. The molecule has 1 heterocycles. The molecule has 4 heteroatoms. The highest BCUT2D eigenvalue weighted by molar-refractivity contribution is 6.42. The largest absolute Gasteiger partial charge is 0.390 e. The van der Waals surface area contributed by atoms with Gasteiger partial charge in [-0.1, -0.05) is 35.3 Å². The first-order valence-electron chi connectivity index (χ1n) is 6.28. The lowest BCUT2D eigenvalue weighted by Gasteiger charge is -2.38.